The molecule has 6 rings (SSSR count). The molecule has 2 amide bonds. The third kappa shape index (κ3) is 4.62. The maximum atomic E-state index is 13.3. The molecule has 2 aliphatic rings. The number of fused-ring (bicyclic) bond motifs is 2. The van der Waals surface area contributed by atoms with E-state index in [0.717, 1.165) is 36.4 Å². The lowest BCUT2D eigenvalue weighted by molar-refractivity contribution is -0.116. The third-order valence-electron chi connectivity index (χ3n) is 7.23. The van der Waals surface area contributed by atoms with Crippen LogP contribution in [0.2, 0.25) is 0 Å². The van der Waals surface area contributed by atoms with Crippen molar-refractivity contribution in [2.24, 2.45) is 0 Å². The van der Waals surface area contributed by atoms with Crippen LogP contribution < -0.4 is 15.0 Å². The number of imidazole rings is 1. The minimum Gasteiger partial charge on any atom is -0.485 e. The number of piperazine rings is 1. The van der Waals surface area contributed by atoms with Crippen LogP contribution >= 0.6 is 0 Å². The minimum atomic E-state index is -0.0682. The molecule has 1 fully saturated rings. The summed E-state index contributed by atoms with van der Waals surface area (Å²) >= 11 is 0. The number of nitrogens with zero attached hydrogens (tertiary/aromatic N) is 4. The molecule has 0 spiro atoms. The normalized spacial score (nSPS) is 15.4. The smallest absolute Gasteiger partial charge is 0.274 e. The number of aryl methyl sites for hydroxylation is 2. The van der Waals surface area contributed by atoms with Gasteiger partial charge < -0.3 is 24.3 Å². The number of aromatic nitrogens is 2. The summed E-state index contributed by atoms with van der Waals surface area (Å²) in [5.74, 6) is 0.656. The van der Waals surface area contributed by atoms with Crippen LogP contribution in [0.1, 0.15) is 33.6 Å². The fraction of sp³-hybridized carbons (Fsp3) is 0.276. The van der Waals surface area contributed by atoms with Crippen molar-refractivity contribution >= 4 is 28.8 Å². The summed E-state index contributed by atoms with van der Waals surface area (Å²) in [6.07, 6.45) is 4.95. The molecule has 0 unspecified atom stereocenters. The van der Waals surface area contributed by atoms with E-state index in [2.05, 4.69) is 40.3 Å². The van der Waals surface area contributed by atoms with E-state index in [9.17, 15) is 9.59 Å². The molecule has 1 N–H and O–H groups in total. The van der Waals surface area contributed by atoms with E-state index >= 15 is 0 Å². The topological polar surface area (TPSA) is 79.2 Å². The van der Waals surface area contributed by atoms with Crippen LogP contribution in [-0.4, -0.2) is 52.3 Å². The monoisotopic (exact) mass is 495 g/mol. The number of nitrogens with one attached hydrogen (secondary N) is 1. The largest absolute Gasteiger partial charge is 0.485 e. The fourth-order valence-corrected chi connectivity index (χ4v) is 5.03. The first kappa shape index (κ1) is 23.1. The molecule has 0 atom stereocenters. The Morgan fingerprint density at radius 2 is 1.86 bits per heavy atom. The molecular formula is C29H29N5O3. The van der Waals surface area contributed by atoms with E-state index in [0.29, 0.717) is 43.2 Å². The Balaban J connectivity index is 1.13. The van der Waals surface area contributed by atoms with Crippen LogP contribution in [0.25, 0.3) is 5.65 Å². The zero-order valence-electron chi connectivity index (χ0n) is 20.8. The molecule has 8 heteroatoms. The predicted molar refractivity (Wildman–Crippen MR) is 142 cm³/mol. The Kier molecular flexibility index (Phi) is 6.00. The van der Waals surface area contributed by atoms with Gasteiger partial charge in [0.05, 0.1) is 0 Å². The molecule has 2 aromatic carbocycles. The van der Waals surface area contributed by atoms with E-state index < -0.39 is 0 Å². The number of anilines is 2. The van der Waals surface area contributed by atoms with Crippen molar-refractivity contribution in [1.29, 1.82) is 0 Å². The molecule has 2 aromatic heterocycles. The van der Waals surface area contributed by atoms with Gasteiger partial charge in [0.2, 0.25) is 5.91 Å². The summed E-state index contributed by atoms with van der Waals surface area (Å²) in [4.78, 5) is 33.8. The SMILES string of the molecule is Cc1ccccc1COc1cccn2cc(C(=O)N3CCN(c4ccc5c(c4)CCC(=O)N5)CC3)nc12. The van der Waals surface area contributed by atoms with E-state index in [4.69, 9.17) is 4.74 Å². The standard InChI is InChI=1S/C29H29N5O3/c1-20-5-2-3-6-22(20)19-37-26-7-4-12-34-18-25(31-28(26)34)29(36)33-15-13-32(14-16-33)23-9-10-24-21(17-23)8-11-27(35)30-24/h2-7,9-10,12,17-18H,8,11,13-16,19H2,1H3,(H,30,35). The van der Waals surface area contributed by atoms with Gasteiger partial charge in [-0.15, -0.1) is 0 Å². The second-order valence-electron chi connectivity index (χ2n) is 9.61. The molecule has 37 heavy (non-hydrogen) atoms. The second kappa shape index (κ2) is 9.61. The molecule has 0 radical (unpaired) electrons. The molecule has 1 saturated heterocycles. The quantitative estimate of drug-likeness (QED) is 0.452. The minimum absolute atomic E-state index is 0.0682. The molecular weight excluding hydrogens is 466 g/mol. The average molecular weight is 496 g/mol. The maximum absolute atomic E-state index is 13.3. The number of amides is 2. The Hall–Kier alpha value is -4.33. The third-order valence-corrected chi connectivity index (χ3v) is 7.23. The average Bonchev–Trinajstić information content (AvgIpc) is 3.37. The zero-order chi connectivity index (χ0) is 25.4. The number of ether oxygens (including phenoxy) is 1. The van der Waals surface area contributed by atoms with Crippen LogP contribution in [0.4, 0.5) is 11.4 Å². The van der Waals surface area contributed by atoms with Gasteiger partial charge in [0.15, 0.2) is 11.4 Å². The molecule has 4 heterocycles. The van der Waals surface area contributed by atoms with Gasteiger partial charge >= 0.3 is 0 Å². The van der Waals surface area contributed by atoms with Gasteiger partial charge in [0.1, 0.15) is 12.3 Å². The molecule has 8 nitrogen and oxygen atoms in total. The van der Waals surface area contributed by atoms with Crippen LogP contribution in [0, 0.1) is 6.92 Å². The second-order valence-corrected chi connectivity index (χ2v) is 9.61. The maximum Gasteiger partial charge on any atom is 0.274 e. The van der Waals surface area contributed by atoms with Crippen LogP contribution in [0.5, 0.6) is 5.75 Å². The van der Waals surface area contributed by atoms with Gasteiger partial charge in [-0.05, 0) is 60.4 Å². The van der Waals surface area contributed by atoms with E-state index in [1.165, 1.54) is 11.1 Å². The molecule has 0 saturated carbocycles. The lowest BCUT2D eigenvalue weighted by atomic mass is 10.0. The van der Waals surface area contributed by atoms with Crippen molar-refractivity contribution in [3.05, 3.63) is 89.4 Å². The van der Waals surface area contributed by atoms with Crippen molar-refractivity contribution in [2.45, 2.75) is 26.4 Å². The number of benzene rings is 2. The zero-order valence-corrected chi connectivity index (χ0v) is 20.8. The predicted octanol–water partition coefficient (Wildman–Crippen LogP) is 4.07. The number of hydrogen-bond acceptors (Lipinski definition) is 5. The van der Waals surface area contributed by atoms with E-state index in [1.54, 1.807) is 6.20 Å². The highest BCUT2D eigenvalue weighted by atomic mass is 16.5. The van der Waals surface area contributed by atoms with Crippen LogP contribution in [0.15, 0.2) is 67.0 Å². The lowest BCUT2D eigenvalue weighted by Gasteiger charge is -2.36. The summed E-state index contributed by atoms with van der Waals surface area (Å²) in [5.41, 5.74) is 6.56. The molecule has 188 valence electrons. The Morgan fingerprint density at radius 3 is 2.70 bits per heavy atom. The highest BCUT2D eigenvalue weighted by molar-refractivity contribution is 5.94. The first-order chi connectivity index (χ1) is 18.0. The van der Waals surface area contributed by atoms with Gasteiger partial charge in [-0.3, -0.25) is 9.59 Å². The number of carbonyl (C=O) groups excluding carboxylic acids is 2. The Morgan fingerprint density at radius 1 is 1.03 bits per heavy atom. The highest BCUT2D eigenvalue weighted by Gasteiger charge is 2.25. The molecule has 4 aromatic rings. The highest BCUT2D eigenvalue weighted by Crippen LogP contribution is 2.28. The van der Waals surface area contributed by atoms with Gasteiger partial charge in [0.25, 0.3) is 5.91 Å². The number of pyridine rings is 1. The van der Waals surface area contributed by atoms with Crippen molar-refractivity contribution in [3.8, 4) is 5.75 Å². The van der Waals surface area contributed by atoms with Crippen molar-refractivity contribution < 1.29 is 14.3 Å². The van der Waals surface area contributed by atoms with E-state index in [-0.39, 0.29) is 11.8 Å². The van der Waals surface area contributed by atoms with Crippen molar-refractivity contribution in [2.75, 3.05) is 36.4 Å². The van der Waals surface area contributed by atoms with Gasteiger partial charge in [-0.2, -0.15) is 0 Å². The van der Waals surface area contributed by atoms with Gasteiger partial charge in [-0.1, -0.05) is 24.3 Å². The van der Waals surface area contributed by atoms with Crippen molar-refractivity contribution in [1.82, 2.24) is 14.3 Å². The fourth-order valence-electron chi connectivity index (χ4n) is 5.03. The first-order valence-electron chi connectivity index (χ1n) is 12.7. The summed E-state index contributed by atoms with van der Waals surface area (Å²) in [6.45, 7) is 5.24. The summed E-state index contributed by atoms with van der Waals surface area (Å²) < 4.78 is 7.94. The lowest BCUT2D eigenvalue weighted by Crippen LogP contribution is -2.49. The van der Waals surface area contributed by atoms with Crippen LogP contribution in [0.3, 0.4) is 0 Å². The van der Waals surface area contributed by atoms with Crippen LogP contribution in [-0.2, 0) is 17.8 Å². The molecule has 0 aliphatic carbocycles. The molecule has 0 bridgehead atoms. The number of hydrogen-bond donors (Lipinski definition) is 1. The van der Waals surface area contributed by atoms with Gasteiger partial charge in [-0.25, -0.2) is 4.98 Å². The van der Waals surface area contributed by atoms with Gasteiger partial charge in [0, 0.05) is 56.4 Å². The first-order valence-corrected chi connectivity index (χ1v) is 12.7. The Labute approximate surface area is 215 Å². The number of carbonyl (C=O) groups is 2. The van der Waals surface area contributed by atoms with E-state index in [1.807, 2.05) is 51.9 Å². The summed E-state index contributed by atoms with van der Waals surface area (Å²) in [6, 6.07) is 18.1. The Bertz CT molecular complexity index is 1490. The summed E-state index contributed by atoms with van der Waals surface area (Å²) in [7, 11) is 0. The van der Waals surface area contributed by atoms with Crippen molar-refractivity contribution in [3.63, 3.8) is 0 Å². The molecule has 2 aliphatic heterocycles. The number of rotatable bonds is 5. The summed E-state index contributed by atoms with van der Waals surface area (Å²) in [5, 5.41) is 2.94.